The third kappa shape index (κ3) is 2.81. The van der Waals surface area contributed by atoms with Crippen LogP contribution in [0.1, 0.15) is 47.4 Å². The zero-order chi connectivity index (χ0) is 13.1. The van der Waals surface area contributed by atoms with Crippen molar-refractivity contribution in [2.45, 2.75) is 39.5 Å². The van der Waals surface area contributed by atoms with Gasteiger partial charge < -0.3 is 9.84 Å². The van der Waals surface area contributed by atoms with E-state index in [1.54, 1.807) is 13.0 Å². The Kier molecular flexibility index (Phi) is 3.84. The highest BCUT2D eigenvalue weighted by Gasteiger charge is 2.19. The van der Waals surface area contributed by atoms with Gasteiger partial charge in [-0.3, -0.25) is 4.98 Å². The molecule has 0 radical (unpaired) electrons. The summed E-state index contributed by atoms with van der Waals surface area (Å²) in [5, 5.41) is 9.18. The van der Waals surface area contributed by atoms with E-state index in [0.29, 0.717) is 18.1 Å². The third-order valence-corrected chi connectivity index (χ3v) is 3.51. The highest BCUT2D eigenvalue weighted by Crippen LogP contribution is 2.30. The van der Waals surface area contributed by atoms with Gasteiger partial charge in [-0.15, -0.1) is 0 Å². The monoisotopic (exact) mass is 249 g/mol. The van der Waals surface area contributed by atoms with Crippen molar-refractivity contribution < 1.29 is 14.6 Å². The minimum Gasteiger partial charge on any atom is -0.493 e. The maximum atomic E-state index is 11.2. The molecule has 0 amide bonds. The molecule has 2 rings (SSSR count). The molecule has 0 saturated heterocycles. The van der Waals surface area contributed by atoms with Crippen LogP contribution in [0.4, 0.5) is 0 Å². The number of aryl methyl sites for hydroxylation is 2. The smallest absolute Gasteiger partial charge is 0.341 e. The molecule has 1 heterocycles. The summed E-state index contributed by atoms with van der Waals surface area (Å²) in [5.74, 6) is 0.243. The van der Waals surface area contributed by atoms with Crippen molar-refractivity contribution in [1.82, 2.24) is 4.98 Å². The number of rotatable bonds is 5. The topological polar surface area (TPSA) is 59.4 Å². The number of ether oxygens (including phenoxy) is 1. The van der Waals surface area contributed by atoms with E-state index < -0.39 is 5.97 Å². The van der Waals surface area contributed by atoms with Crippen molar-refractivity contribution in [3.63, 3.8) is 0 Å². The van der Waals surface area contributed by atoms with E-state index in [9.17, 15) is 9.90 Å². The SMILES string of the molecule is Cc1cc(OCCC2CCC2)c(C(=O)O)c(C)n1. The Morgan fingerprint density at radius 2 is 2.22 bits per heavy atom. The molecule has 0 aliphatic heterocycles. The molecule has 1 aromatic heterocycles. The van der Waals surface area contributed by atoms with Gasteiger partial charge in [0.1, 0.15) is 11.3 Å². The van der Waals surface area contributed by atoms with Gasteiger partial charge in [-0.25, -0.2) is 4.79 Å². The summed E-state index contributed by atoms with van der Waals surface area (Å²) in [6, 6.07) is 1.71. The highest BCUT2D eigenvalue weighted by atomic mass is 16.5. The van der Waals surface area contributed by atoms with E-state index >= 15 is 0 Å². The van der Waals surface area contributed by atoms with Crippen molar-refractivity contribution in [3.05, 3.63) is 23.0 Å². The number of nitrogens with zero attached hydrogens (tertiary/aromatic N) is 1. The average molecular weight is 249 g/mol. The van der Waals surface area contributed by atoms with Crippen LogP contribution in [0.3, 0.4) is 0 Å². The quantitative estimate of drug-likeness (QED) is 0.871. The van der Waals surface area contributed by atoms with E-state index in [0.717, 1.165) is 18.0 Å². The normalized spacial score (nSPS) is 15.2. The van der Waals surface area contributed by atoms with E-state index in [2.05, 4.69) is 4.98 Å². The fourth-order valence-electron chi connectivity index (χ4n) is 2.28. The second-order valence-corrected chi connectivity index (χ2v) is 4.96. The van der Waals surface area contributed by atoms with Gasteiger partial charge in [-0.1, -0.05) is 19.3 Å². The van der Waals surface area contributed by atoms with Gasteiger partial charge >= 0.3 is 5.97 Å². The minimum atomic E-state index is -0.973. The van der Waals surface area contributed by atoms with Crippen molar-refractivity contribution in [2.24, 2.45) is 5.92 Å². The van der Waals surface area contributed by atoms with Crippen LogP contribution in [0.5, 0.6) is 5.75 Å². The number of aromatic nitrogens is 1. The Bertz CT molecular complexity index is 453. The summed E-state index contributed by atoms with van der Waals surface area (Å²) in [6.45, 7) is 4.14. The molecule has 1 saturated carbocycles. The predicted molar refractivity (Wildman–Crippen MR) is 68.1 cm³/mol. The molecular weight excluding hydrogens is 230 g/mol. The zero-order valence-electron chi connectivity index (χ0n) is 10.9. The molecule has 1 fully saturated rings. The van der Waals surface area contributed by atoms with Gasteiger partial charge in [0.15, 0.2) is 0 Å². The zero-order valence-corrected chi connectivity index (χ0v) is 10.9. The maximum Gasteiger partial charge on any atom is 0.341 e. The number of carboxylic acid groups (broad SMARTS) is 1. The van der Waals surface area contributed by atoms with Gasteiger partial charge in [0, 0.05) is 11.8 Å². The lowest BCUT2D eigenvalue weighted by Crippen LogP contribution is -2.15. The Balaban J connectivity index is 2.07. The lowest BCUT2D eigenvalue weighted by molar-refractivity contribution is 0.0690. The largest absolute Gasteiger partial charge is 0.493 e. The molecule has 4 nitrogen and oxygen atoms in total. The first-order chi connectivity index (χ1) is 8.58. The molecule has 98 valence electrons. The van der Waals surface area contributed by atoms with Crippen molar-refractivity contribution in [3.8, 4) is 5.75 Å². The van der Waals surface area contributed by atoms with Crippen LogP contribution in [0, 0.1) is 19.8 Å². The average Bonchev–Trinajstić information content (AvgIpc) is 2.19. The van der Waals surface area contributed by atoms with Crippen LogP contribution in [0.25, 0.3) is 0 Å². The molecular formula is C14H19NO3. The van der Waals surface area contributed by atoms with E-state index in [4.69, 9.17) is 4.74 Å². The van der Waals surface area contributed by atoms with E-state index in [-0.39, 0.29) is 5.56 Å². The molecule has 1 aliphatic rings. The molecule has 0 atom stereocenters. The first kappa shape index (κ1) is 12.9. The van der Waals surface area contributed by atoms with Crippen molar-refractivity contribution in [1.29, 1.82) is 0 Å². The standard InChI is InChI=1S/C14H19NO3/c1-9-8-12(13(14(16)17)10(2)15-9)18-7-6-11-4-3-5-11/h8,11H,3-7H2,1-2H3,(H,16,17). The number of pyridine rings is 1. The fraction of sp³-hybridized carbons (Fsp3) is 0.571. The Hall–Kier alpha value is -1.58. The first-order valence-electron chi connectivity index (χ1n) is 6.42. The second-order valence-electron chi connectivity index (χ2n) is 4.96. The summed E-state index contributed by atoms with van der Waals surface area (Å²) in [7, 11) is 0. The highest BCUT2D eigenvalue weighted by molar-refractivity contribution is 5.92. The fourth-order valence-corrected chi connectivity index (χ4v) is 2.28. The molecule has 1 aliphatic carbocycles. The van der Waals surface area contributed by atoms with Crippen molar-refractivity contribution >= 4 is 5.97 Å². The lowest BCUT2D eigenvalue weighted by atomic mass is 9.83. The van der Waals surface area contributed by atoms with Gasteiger partial charge in [-0.05, 0) is 26.2 Å². The van der Waals surface area contributed by atoms with Crippen LogP contribution in [-0.4, -0.2) is 22.7 Å². The molecule has 0 unspecified atom stereocenters. The van der Waals surface area contributed by atoms with Crippen LogP contribution in [0.2, 0.25) is 0 Å². The van der Waals surface area contributed by atoms with Crippen LogP contribution < -0.4 is 4.74 Å². The molecule has 4 heteroatoms. The summed E-state index contributed by atoms with van der Waals surface area (Å²) >= 11 is 0. The molecule has 1 aromatic rings. The minimum absolute atomic E-state index is 0.189. The molecule has 0 spiro atoms. The molecule has 0 aromatic carbocycles. The molecule has 1 N–H and O–H groups in total. The summed E-state index contributed by atoms with van der Waals surface area (Å²) < 4.78 is 5.65. The predicted octanol–water partition coefficient (Wildman–Crippen LogP) is 2.97. The first-order valence-corrected chi connectivity index (χ1v) is 6.42. The number of hydrogen-bond acceptors (Lipinski definition) is 3. The Labute approximate surface area is 107 Å². The van der Waals surface area contributed by atoms with E-state index in [1.165, 1.54) is 19.3 Å². The van der Waals surface area contributed by atoms with Gasteiger partial charge in [0.05, 0.1) is 12.3 Å². The van der Waals surface area contributed by atoms with Gasteiger partial charge in [0.2, 0.25) is 0 Å². The van der Waals surface area contributed by atoms with Gasteiger partial charge in [0.25, 0.3) is 0 Å². The van der Waals surface area contributed by atoms with Crippen LogP contribution in [-0.2, 0) is 0 Å². The van der Waals surface area contributed by atoms with E-state index in [1.807, 2.05) is 6.92 Å². The maximum absolute atomic E-state index is 11.2. The summed E-state index contributed by atoms with van der Waals surface area (Å²) in [6.07, 6.45) is 4.89. The number of carbonyl (C=O) groups is 1. The second kappa shape index (κ2) is 5.38. The Morgan fingerprint density at radius 3 is 2.78 bits per heavy atom. The number of aromatic carboxylic acids is 1. The number of hydrogen-bond donors (Lipinski definition) is 1. The molecule has 18 heavy (non-hydrogen) atoms. The lowest BCUT2D eigenvalue weighted by Gasteiger charge is -2.25. The summed E-state index contributed by atoms with van der Waals surface area (Å²) in [4.78, 5) is 15.4. The van der Waals surface area contributed by atoms with Crippen LogP contribution in [0.15, 0.2) is 6.07 Å². The Morgan fingerprint density at radius 1 is 1.50 bits per heavy atom. The van der Waals surface area contributed by atoms with Crippen molar-refractivity contribution in [2.75, 3.05) is 6.61 Å². The summed E-state index contributed by atoms with van der Waals surface area (Å²) in [5.41, 5.74) is 1.49. The molecule has 0 bridgehead atoms. The number of carboxylic acids is 1. The van der Waals surface area contributed by atoms with Gasteiger partial charge in [-0.2, -0.15) is 0 Å². The van der Waals surface area contributed by atoms with Crippen LogP contribution >= 0.6 is 0 Å². The third-order valence-electron chi connectivity index (χ3n) is 3.51.